The summed E-state index contributed by atoms with van der Waals surface area (Å²) in [5, 5.41) is 0.704. The maximum Gasteiger partial charge on any atom is 0.194 e. The molecule has 0 saturated carbocycles. The third kappa shape index (κ3) is 1.13. The molecule has 0 bridgehead atoms. The summed E-state index contributed by atoms with van der Waals surface area (Å²) < 4.78 is 0. The Morgan fingerprint density at radius 3 is 2.71 bits per heavy atom. The molecule has 3 nitrogen and oxygen atoms in total. The van der Waals surface area contributed by atoms with Gasteiger partial charge in [-0.05, 0) is 32.4 Å². The number of nitrogens with one attached hydrogen (secondary N) is 1. The Hall–Kier alpha value is -1.64. The number of aromatic nitrogens is 2. The van der Waals surface area contributed by atoms with Crippen molar-refractivity contribution < 1.29 is 0 Å². The van der Waals surface area contributed by atoms with E-state index in [9.17, 15) is 4.79 Å². The second kappa shape index (κ2) is 2.94. The van der Waals surface area contributed by atoms with Crippen LogP contribution in [-0.2, 0) is 0 Å². The number of hydrogen-bond acceptors (Lipinski definition) is 2. The van der Waals surface area contributed by atoms with E-state index < -0.39 is 0 Å². The van der Waals surface area contributed by atoms with Crippen LogP contribution in [0.3, 0.4) is 0 Å². The van der Waals surface area contributed by atoms with Crippen LogP contribution >= 0.6 is 0 Å². The minimum absolute atomic E-state index is 0.0850. The third-order valence-electron chi connectivity index (χ3n) is 2.60. The summed E-state index contributed by atoms with van der Waals surface area (Å²) in [5.41, 5.74) is 3.40. The van der Waals surface area contributed by atoms with E-state index in [1.54, 1.807) is 6.20 Å². The minimum Gasteiger partial charge on any atom is -0.343 e. The molecule has 0 aliphatic rings. The van der Waals surface area contributed by atoms with Gasteiger partial charge in [0.2, 0.25) is 0 Å². The Morgan fingerprint density at radius 2 is 2.00 bits per heavy atom. The van der Waals surface area contributed by atoms with Crippen LogP contribution in [0.5, 0.6) is 0 Å². The topological polar surface area (TPSA) is 45.8 Å². The fourth-order valence-corrected chi connectivity index (χ4v) is 1.57. The van der Waals surface area contributed by atoms with Crippen LogP contribution in [0.1, 0.15) is 16.8 Å². The standard InChI is InChI=1S/C11H12N2O/c1-6-4-5-12-11-9(6)10(14)7(2)8(3)13-11/h4-5H,1-3H3,(H,12,13,14). The molecule has 0 unspecified atom stereocenters. The number of aromatic amines is 1. The molecule has 1 N–H and O–H groups in total. The number of rotatable bonds is 0. The maximum atomic E-state index is 11.9. The first-order chi connectivity index (χ1) is 6.61. The Balaban J connectivity index is 3.07. The summed E-state index contributed by atoms with van der Waals surface area (Å²) in [6.07, 6.45) is 1.71. The molecular weight excluding hydrogens is 176 g/mol. The number of nitrogens with zero attached hydrogens (tertiary/aromatic N) is 1. The SMILES string of the molecule is Cc1[nH]c2nccc(C)c2c(=O)c1C. The van der Waals surface area contributed by atoms with Crippen molar-refractivity contribution in [1.29, 1.82) is 0 Å². The molecule has 0 saturated heterocycles. The van der Waals surface area contributed by atoms with E-state index in [0.717, 1.165) is 16.8 Å². The van der Waals surface area contributed by atoms with Gasteiger partial charge in [0, 0.05) is 17.5 Å². The zero-order valence-electron chi connectivity index (χ0n) is 8.51. The van der Waals surface area contributed by atoms with Gasteiger partial charge in [0.25, 0.3) is 0 Å². The van der Waals surface area contributed by atoms with Gasteiger partial charge in [0.15, 0.2) is 5.43 Å². The second-order valence-electron chi connectivity index (χ2n) is 3.56. The molecule has 72 valence electrons. The number of pyridine rings is 2. The average molecular weight is 188 g/mol. The molecule has 2 heterocycles. The smallest absolute Gasteiger partial charge is 0.194 e. The van der Waals surface area contributed by atoms with Crippen LogP contribution in [0.4, 0.5) is 0 Å². The fraction of sp³-hybridized carbons (Fsp3) is 0.273. The van der Waals surface area contributed by atoms with Crippen LogP contribution in [-0.4, -0.2) is 9.97 Å². The Labute approximate surface area is 81.8 Å². The predicted octanol–water partition coefficient (Wildman–Crippen LogP) is 1.85. The minimum atomic E-state index is 0.0850. The number of aryl methyl sites for hydroxylation is 2. The molecule has 0 aromatic carbocycles. The summed E-state index contributed by atoms with van der Waals surface area (Å²) in [5.74, 6) is 0. The highest BCUT2D eigenvalue weighted by atomic mass is 16.1. The van der Waals surface area contributed by atoms with E-state index >= 15 is 0 Å². The van der Waals surface area contributed by atoms with Crippen molar-refractivity contribution in [2.24, 2.45) is 0 Å². The predicted molar refractivity (Wildman–Crippen MR) is 56.6 cm³/mol. The molecule has 0 amide bonds. The monoisotopic (exact) mass is 188 g/mol. The first kappa shape index (κ1) is 8.94. The summed E-state index contributed by atoms with van der Waals surface area (Å²) in [4.78, 5) is 19.2. The summed E-state index contributed by atoms with van der Waals surface area (Å²) in [6.45, 7) is 5.65. The zero-order chi connectivity index (χ0) is 10.3. The molecule has 0 spiro atoms. The van der Waals surface area contributed by atoms with Gasteiger partial charge in [-0.25, -0.2) is 4.98 Å². The summed E-state index contributed by atoms with van der Waals surface area (Å²) >= 11 is 0. The molecule has 2 aromatic rings. The van der Waals surface area contributed by atoms with Crippen molar-refractivity contribution >= 4 is 11.0 Å². The second-order valence-corrected chi connectivity index (χ2v) is 3.56. The van der Waals surface area contributed by atoms with E-state index in [0.29, 0.717) is 11.0 Å². The van der Waals surface area contributed by atoms with Crippen molar-refractivity contribution in [1.82, 2.24) is 9.97 Å². The highest BCUT2D eigenvalue weighted by Gasteiger charge is 2.07. The van der Waals surface area contributed by atoms with E-state index in [-0.39, 0.29) is 5.43 Å². The maximum absolute atomic E-state index is 11.9. The van der Waals surface area contributed by atoms with Crippen LogP contribution in [0.2, 0.25) is 0 Å². The largest absolute Gasteiger partial charge is 0.343 e. The van der Waals surface area contributed by atoms with Gasteiger partial charge in [0.05, 0.1) is 5.39 Å². The molecule has 0 aliphatic carbocycles. The lowest BCUT2D eigenvalue weighted by molar-refractivity contribution is 1.14. The first-order valence-electron chi connectivity index (χ1n) is 4.56. The van der Waals surface area contributed by atoms with E-state index in [1.165, 1.54) is 0 Å². The molecule has 0 aliphatic heterocycles. The van der Waals surface area contributed by atoms with Gasteiger partial charge >= 0.3 is 0 Å². The van der Waals surface area contributed by atoms with Crippen molar-refractivity contribution in [2.75, 3.05) is 0 Å². The number of fused-ring (bicyclic) bond motifs is 1. The molecule has 0 fully saturated rings. The van der Waals surface area contributed by atoms with Crippen molar-refractivity contribution in [3.05, 3.63) is 39.3 Å². The number of hydrogen-bond donors (Lipinski definition) is 1. The molecule has 2 rings (SSSR count). The highest BCUT2D eigenvalue weighted by molar-refractivity contribution is 5.78. The van der Waals surface area contributed by atoms with Gasteiger partial charge in [-0.1, -0.05) is 0 Å². The lowest BCUT2D eigenvalue weighted by Gasteiger charge is -2.04. The van der Waals surface area contributed by atoms with Gasteiger partial charge < -0.3 is 4.98 Å². The highest BCUT2D eigenvalue weighted by Crippen LogP contribution is 2.11. The fourth-order valence-electron chi connectivity index (χ4n) is 1.57. The van der Waals surface area contributed by atoms with Crippen molar-refractivity contribution in [3.8, 4) is 0 Å². The van der Waals surface area contributed by atoms with E-state index in [2.05, 4.69) is 9.97 Å². The Bertz CT molecular complexity index is 555. The molecule has 14 heavy (non-hydrogen) atoms. The van der Waals surface area contributed by atoms with Crippen LogP contribution in [0.25, 0.3) is 11.0 Å². The van der Waals surface area contributed by atoms with E-state index in [1.807, 2.05) is 26.8 Å². The summed E-state index contributed by atoms with van der Waals surface area (Å²) in [7, 11) is 0. The van der Waals surface area contributed by atoms with Gasteiger partial charge in [-0.2, -0.15) is 0 Å². The lowest BCUT2D eigenvalue weighted by atomic mass is 10.1. The van der Waals surface area contributed by atoms with Crippen molar-refractivity contribution in [2.45, 2.75) is 20.8 Å². The molecular formula is C11H12N2O. The van der Waals surface area contributed by atoms with Crippen molar-refractivity contribution in [3.63, 3.8) is 0 Å². The quantitative estimate of drug-likeness (QED) is 0.685. The Kier molecular flexibility index (Phi) is 1.88. The third-order valence-corrected chi connectivity index (χ3v) is 2.60. The van der Waals surface area contributed by atoms with Crippen LogP contribution in [0.15, 0.2) is 17.1 Å². The lowest BCUT2D eigenvalue weighted by Crippen LogP contribution is -2.11. The molecule has 0 atom stereocenters. The molecule has 0 radical (unpaired) electrons. The zero-order valence-corrected chi connectivity index (χ0v) is 8.51. The molecule has 3 heteroatoms. The van der Waals surface area contributed by atoms with Crippen LogP contribution in [0, 0.1) is 20.8 Å². The van der Waals surface area contributed by atoms with Gasteiger partial charge in [0.1, 0.15) is 5.65 Å². The normalized spacial score (nSPS) is 10.8. The summed E-state index contributed by atoms with van der Waals surface area (Å²) in [6, 6.07) is 1.85. The number of H-pyrrole nitrogens is 1. The van der Waals surface area contributed by atoms with Crippen LogP contribution < -0.4 is 5.43 Å². The Morgan fingerprint density at radius 1 is 1.29 bits per heavy atom. The van der Waals surface area contributed by atoms with Gasteiger partial charge in [-0.3, -0.25) is 4.79 Å². The van der Waals surface area contributed by atoms with E-state index in [4.69, 9.17) is 0 Å². The molecule has 2 aromatic heterocycles. The van der Waals surface area contributed by atoms with Gasteiger partial charge in [-0.15, -0.1) is 0 Å². The average Bonchev–Trinajstić information content (AvgIpc) is 2.14. The first-order valence-corrected chi connectivity index (χ1v) is 4.56.